The summed E-state index contributed by atoms with van der Waals surface area (Å²) in [4.78, 5) is 11.8. The van der Waals surface area contributed by atoms with Crippen molar-refractivity contribution in [3.8, 4) is 12.3 Å². The Kier molecular flexibility index (Phi) is 3.41. The molecule has 0 radical (unpaired) electrons. The van der Waals surface area contributed by atoms with Crippen molar-refractivity contribution in [1.29, 1.82) is 0 Å². The second-order valence-electron chi connectivity index (χ2n) is 2.38. The van der Waals surface area contributed by atoms with Gasteiger partial charge < -0.3 is 5.32 Å². The molecule has 1 rings (SSSR count). The number of carbonyl (C=O) groups is 1. The SMILES string of the molecule is C#CC(CC)NC(=O)c1cnns1. The summed E-state index contributed by atoms with van der Waals surface area (Å²) in [5, 5.41) is 6.23. The molecule has 13 heavy (non-hydrogen) atoms. The summed E-state index contributed by atoms with van der Waals surface area (Å²) in [6.45, 7) is 1.91. The molecule has 1 atom stereocenters. The van der Waals surface area contributed by atoms with Crippen molar-refractivity contribution in [3.05, 3.63) is 11.1 Å². The van der Waals surface area contributed by atoms with Crippen molar-refractivity contribution in [3.63, 3.8) is 0 Å². The molecule has 5 heteroatoms. The average molecular weight is 195 g/mol. The number of terminal acetylenes is 1. The molecule has 0 aliphatic heterocycles. The van der Waals surface area contributed by atoms with Crippen LogP contribution in [0.5, 0.6) is 0 Å². The van der Waals surface area contributed by atoms with E-state index in [1.807, 2.05) is 6.92 Å². The molecule has 1 heterocycles. The summed E-state index contributed by atoms with van der Waals surface area (Å²) in [6.07, 6.45) is 7.33. The van der Waals surface area contributed by atoms with Gasteiger partial charge in [0.2, 0.25) is 0 Å². The highest BCUT2D eigenvalue weighted by Gasteiger charge is 2.11. The van der Waals surface area contributed by atoms with Crippen LogP contribution in [-0.2, 0) is 0 Å². The van der Waals surface area contributed by atoms with E-state index in [0.29, 0.717) is 11.3 Å². The van der Waals surface area contributed by atoms with Gasteiger partial charge in [0.05, 0.1) is 12.2 Å². The van der Waals surface area contributed by atoms with Crippen LogP contribution in [0, 0.1) is 12.3 Å². The fourth-order valence-electron chi connectivity index (χ4n) is 0.758. The van der Waals surface area contributed by atoms with Crippen LogP contribution in [0.15, 0.2) is 6.20 Å². The van der Waals surface area contributed by atoms with Crippen molar-refractivity contribution in [2.45, 2.75) is 19.4 Å². The summed E-state index contributed by atoms with van der Waals surface area (Å²) >= 11 is 1.05. The van der Waals surface area contributed by atoms with Gasteiger partial charge >= 0.3 is 0 Å². The van der Waals surface area contributed by atoms with Gasteiger partial charge in [-0.3, -0.25) is 4.79 Å². The van der Waals surface area contributed by atoms with Gasteiger partial charge in [0.1, 0.15) is 4.88 Å². The molecule has 0 bridgehead atoms. The first kappa shape index (κ1) is 9.68. The van der Waals surface area contributed by atoms with Crippen LogP contribution in [0.3, 0.4) is 0 Å². The normalized spacial score (nSPS) is 11.7. The first-order valence-corrected chi connectivity index (χ1v) is 4.59. The second-order valence-corrected chi connectivity index (χ2v) is 3.17. The van der Waals surface area contributed by atoms with Crippen LogP contribution < -0.4 is 5.32 Å². The Morgan fingerprint density at radius 2 is 2.69 bits per heavy atom. The predicted octanol–water partition coefficient (Wildman–Crippen LogP) is 0.680. The summed E-state index contributed by atoms with van der Waals surface area (Å²) in [5.41, 5.74) is 0. The number of hydrogen-bond acceptors (Lipinski definition) is 4. The van der Waals surface area contributed by atoms with E-state index in [1.54, 1.807) is 0 Å². The van der Waals surface area contributed by atoms with Crippen LogP contribution in [0.25, 0.3) is 0 Å². The molecule has 0 fully saturated rings. The number of hydrogen-bond donors (Lipinski definition) is 1. The standard InChI is InChI=1S/C8H9N3OS/c1-3-6(4-2)10-8(12)7-5-9-11-13-7/h1,5-6H,4H2,2H3,(H,10,12). The largest absolute Gasteiger partial charge is 0.338 e. The van der Waals surface area contributed by atoms with E-state index < -0.39 is 0 Å². The van der Waals surface area contributed by atoms with E-state index >= 15 is 0 Å². The highest BCUT2D eigenvalue weighted by Crippen LogP contribution is 2.02. The molecule has 1 N–H and O–H groups in total. The van der Waals surface area contributed by atoms with Gasteiger partial charge in [0, 0.05) is 0 Å². The number of aromatic nitrogens is 2. The lowest BCUT2D eigenvalue weighted by Crippen LogP contribution is -2.32. The molecule has 0 aromatic carbocycles. The Morgan fingerprint density at radius 1 is 1.92 bits per heavy atom. The topological polar surface area (TPSA) is 54.9 Å². The molecule has 68 valence electrons. The summed E-state index contributed by atoms with van der Waals surface area (Å²) in [7, 11) is 0. The molecule has 4 nitrogen and oxygen atoms in total. The highest BCUT2D eigenvalue weighted by molar-refractivity contribution is 7.07. The summed E-state index contributed by atoms with van der Waals surface area (Å²) in [5.74, 6) is 2.27. The Bertz CT molecular complexity index is 315. The quantitative estimate of drug-likeness (QED) is 0.721. The molecule has 0 aliphatic carbocycles. The molecule has 1 aromatic rings. The molecular formula is C8H9N3OS. The number of rotatable bonds is 3. The average Bonchev–Trinajstić information content (AvgIpc) is 2.66. The Labute approximate surface area is 80.5 Å². The lowest BCUT2D eigenvalue weighted by atomic mass is 10.2. The van der Waals surface area contributed by atoms with Crippen molar-refractivity contribution in [2.75, 3.05) is 0 Å². The van der Waals surface area contributed by atoms with E-state index in [2.05, 4.69) is 20.8 Å². The fourth-order valence-corrected chi connectivity index (χ4v) is 1.18. The molecular weight excluding hydrogens is 186 g/mol. The smallest absolute Gasteiger partial charge is 0.265 e. The maximum atomic E-state index is 11.4. The number of amides is 1. The highest BCUT2D eigenvalue weighted by atomic mass is 32.1. The van der Waals surface area contributed by atoms with E-state index in [0.717, 1.165) is 11.5 Å². The molecule has 1 unspecified atom stereocenters. The maximum absolute atomic E-state index is 11.4. The zero-order chi connectivity index (χ0) is 9.68. The van der Waals surface area contributed by atoms with Gasteiger partial charge in [-0.05, 0) is 18.0 Å². The number of nitrogens with zero attached hydrogens (tertiary/aromatic N) is 2. The predicted molar refractivity (Wildman–Crippen MR) is 50.3 cm³/mol. The van der Waals surface area contributed by atoms with E-state index in [4.69, 9.17) is 6.42 Å². The third kappa shape index (κ3) is 2.53. The molecule has 0 spiro atoms. The lowest BCUT2D eigenvalue weighted by Gasteiger charge is -2.08. The van der Waals surface area contributed by atoms with E-state index in [1.165, 1.54) is 6.20 Å². The van der Waals surface area contributed by atoms with Gasteiger partial charge in [0.15, 0.2) is 0 Å². The first-order valence-electron chi connectivity index (χ1n) is 3.82. The van der Waals surface area contributed by atoms with E-state index in [-0.39, 0.29) is 11.9 Å². The Morgan fingerprint density at radius 3 is 3.15 bits per heavy atom. The Hall–Kier alpha value is -1.41. The minimum Gasteiger partial charge on any atom is -0.338 e. The minimum atomic E-state index is -0.213. The van der Waals surface area contributed by atoms with Crippen LogP contribution in [0.1, 0.15) is 23.0 Å². The summed E-state index contributed by atoms with van der Waals surface area (Å²) in [6, 6.07) is -0.213. The third-order valence-electron chi connectivity index (χ3n) is 1.50. The fraction of sp³-hybridized carbons (Fsp3) is 0.375. The Balaban J connectivity index is 2.57. The van der Waals surface area contributed by atoms with Crippen LogP contribution in [0.2, 0.25) is 0 Å². The van der Waals surface area contributed by atoms with Crippen LogP contribution >= 0.6 is 11.5 Å². The molecule has 0 aliphatic rings. The van der Waals surface area contributed by atoms with Gasteiger partial charge in [-0.2, -0.15) is 0 Å². The summed E-state index contributed by atoms with van der Waals surface area (Å²) < 4.78 is 3.58. The van der Waals surface area contributed by atoms with Gasteiger partial charge in [-0.15, -0.1) is 11.5 Å². The molecule has 1 amide bonds. The monoisotopic (exact) mass is 195 g/mol. The van der Waals surface area contributed by atoms with Crippen molar-refractivity contribution < 1.29 is 4.79 Å². The first-order chi connectivity index (χ1) is 6.27. The van der Waals surface area contributed by atoms with Gasteiger partial charge in [-0.25, -0.2) is 0 Å². The number of carbonyl (C=O) groups excluding carboxylic acids is 1. The number of nitrogens with one attached hydrogen (secondary N) is 1. The zero-order valence-electron chi connectivity index (χ0n) is 7.15. The van der Waals surface area contributed by atoms with Crippen molar-refractivity contribution in [1.82, 2.24) is 14.9 Å². The van der Waals surface area contributed by atoms with Crippen LogP contribution in [0.4, 0.5) is 0 Å². The van der Waals surface area contributed by atoms with Gasteiger partial charge in [-0.1, -0.05) is 17.3 Å². The minimum absolute atomic E-state index is 0.209. The third-order valence-corrected chi connectivity index (χ3v) is 2.16. The second kappa shape index (κ2) is 4.58. The lowest BCUT2D eigenvalue weighted by molar-refractivity contribution is 0.0949. The molecule has 1 aromatic heterocycles. The zero-order valence-corrected chi connectivity index (χ0v) is 7.97. The van der Waals surface area contributed by atoms with Crippen molar-refractivity contribution in [2.24, 2.45) is 0 Å². The van der Waals surface area contributed by atoms with Gasteiger partial charge in [0.25, 0.3) is 5.91 Å². The van der Waals surface area contributed by atoms with E-state index in [9.17, 15) is 4.79 Å². The van der Waals surface area contributed by atoms with Crippen molar-refractivity contribution >= 4 is 17.4 Å². The maximum Gasteiger partial charge on any atom is 0.265 e. The molecule has 0 saturated heterocycles. The van der Waals surface area contributed by atoms with Crippen LogP contribution in [-0.4, -0.2) is 21.5 Å². The molecule has 0 saturated carbocycles.